The summed E-state index contributed by atoms with van der Waals surface area (Å²) in [5, 5.41) is 4.81. The van der Waals surface area contributed by atoms with Gasteiger partial charge in [-0.25, -0.2) is 18.4 Å². The fourth-order valence-electron chi connectivity index (χ4n) is 2.08. The quantitative estimate of drug-likeness (QED) is 0.822. The summed E-state index contributed by atoms with van der Waals surface area (Å²) in [7, 11) is -1.71. The molecular weight excluding hydrogens is 264 g/mol. The van der Waals surface area contributed by atoms with Gasteiger partial charge >= 0.3 is 0 Å². The molecule has 1 aromatic heterocycles. The van der Waals surface area contributed by atoms with Gasteiger partial charge < -0.3 is 5.32 Å². The molecule has 106 valence electrons. The summed E-state index contributed by atoms with van der Waals surface area (Å²) in [5.41, 5.74) is 0.958. The van der Waals surface area contributed by atoms with E-state index in [2.05, 4.69) is 15.1 Å². The van der Waals surface area contributed by atoms with Crippen LogP contribution in [0, 0.1) is 0 Å². The first kappa shape index (κ1) is 14.4. The Labute approximate surface area is 114 Å². The van der Waals surface area contributed by atoms with Crippen molar-refractivity contribution in [2.24, 2.45) is 0 Å². The van der Waals surface area contributed by atoms with Crippen LogP contribution in [-0.4, -0.2) is 38.5 Å². The molecule has 1 saturated heterocycles. The highest BCUT2D eigenvalue weighted by Crippen LogP contribution is 2.11. The van der Waals surface area contributed by atoms with Gasteiger partial charge in [-0.15, -0.1) is 4.83 Å². The first-order chi connectivity index (χ1) is 9.12. The maximum Gasteiger partial charge on any atom is 0.270 e. The highest BCUT2D eigenvalue weighted by atomic mass is 32.2. The largest absolute Gasteiger partial charge is 0.316 e. The van der Waals surface area contributed by atoms with E-state index in [0.717, 1.165) is 37.9 Å². The second-order valence-corrected chi connectivity index (χ2v) is 6.29. The van der Waals surface area contributed by atoms with Crippen LogP contribution in [0.15, 0.2) is 23.4 Å². The lowest BCUT2D eigenvalue weighted by Gasteiger charge is -2.26. The van der Waals surface area contributed by atoms with Crippen molar-refractivity contribution in [1.82, 2.24) is 20.1 Å². The molecule has 2 N–H and O–H groups in total. The van der Waals surface area contributed by atoms with Crippen molar-refractivity contribution in [1.29, 1.82) is 0 Å². The smallest absolute Gasteiger partial charge is 0.270 e. The molecule has 1 aliphatic rings. The van der Waals surface area contributed by atoms with Crippen LogP contribution in [0.2, 0.25) is 0 Å². The van der Waals surface area contributed by atoms with Crippen molar-refractivity contribution in [3.8, 4) is 0 Å². The highest BCUT2D eigenvalue weighted by molar-refractivity contribution is 7.89. The number of aromatic nitrogens is 1. The Bertz CT molecular complexity index is 495. The minimum Gasteiger partial charge on any atom is -0.316 e. The van der Waals surface area contributed by atoms with Crippen molar-refractivity contribution < 1.29 is 8.42 Å². The van der Waals surface area contributed by atoms with E-state index < -0.39 is 10.0 Å². The van der Waals surface area contributed by atoms with Gasteiger partial charge in [0.05, 0.1) is 0 Å². The fraction of sp³-hybridized carbons (Fsp3) is 0.583. The fourth-order valence-corrected chi connectivity index (χ4v) is 3.14. The number of rotatable bonds is 5. The number of hydrogen-bond donors (Lipinski definition) is 2. The van der Waals surface area contributed by atoms with Crippen molar-refractivity contribution in [2.45, 2.75) is 30.8 Å². The van der Waals surface area contributed by atoms with Crippen LogP contribution in [0.3, 0.4) is 0 Å². The summed E-state index contributed by atoms with van der Waals surface area (Å²) in [6.07, 6.45) is 4.80. The van der Waals surface area contributed by atoms with Crippen molar-refractivity contribution >= 4 is 10.0 Å². The van der Waals surface area contributed by atoms with Crippen LogP contribution in [0.5, 0.6) is 0 Å². The number of nitrogens with zero attached hydrogens (tertiary/aromatic N) is 2. The van der Waals surface area contributed by atoms with E-state index in [4.69, 9.17) is 0 Å². The van der Waals surface area contributed by atoms with E-state index in [1.807, 2.05) is 7.05 Å². The molecule has 0 atom stereocenters. The normalized spacial score (nSPS) is 17.5. The zero-order valence-electron chi connectivity index (χ0n) is 11.1. The van der Waals surface area contributed by atoms with Gasteiger partial charge in [0.25, 0.3) is 10.0 Å². The third kappa shape index (κ3) is 3.97. The van der Waals surface area contributed by atoms with E-state index in [0.29, 0.717) is 6.54 Å². The molecule has 7 heteroatoms. The summed E-state index contributed by atoms with van der Waals surface area (Å²) in [5.74, 6) is 0. The first-order valence-electron chi connectivity index (χ1n) is 6.49. The van der Waals surface area contributed by atoms with Crippen LogP contribution < -0.4 is 10.1 Å². The molecule has 0 amide bonds. The lowest BCUT2D eigenvalue weighted by molar-refractivity contribution is 0.199. The Morgan fingerprint density at radius 1 is 1.26 bits per heavy atom. The van der Waals surface area contributed by atoms with E-state index in [-0.39, 0.29) is 5.03 Å². The van der Waals surface area contributed by atoms with Gasteiger partial charge in [-0.2, -0.15) is 0 Å². The van der Waals surface area contributed by atoms with Gasteiger partial charge in [0, 0.05) is 25.8 Å². The van der Waals surface area contributed by atoms with Crippen molar-refractivity contribution in [2.75, 3.05) is 20.1 Å². The number of hydrazine groups is 1. The Balaban J connectivity index is 2.05. The topological polar surface area (TPSA) is 74.3 Å². The van der Waals surface area contributed by atoms with E-state index in [1.54, 1.807) is 23.3 Å². The zero-order valence-corrected chi connectivity index (χ0v) is 11.9. The minimum absolute atomic E-state index is 0.0675. The van der Waals surface area contributed by atoms with E-state index in [1.165, 1.54) is 0 Å². The Kier molecular flexibility index (Phi) is 4.87. The molecule has 0 aromatic carbocycles. The molecule has 1 aromatic rings. The van der Waals surface area contributed by atoms with Gasteiger partial charge in [-0.1, -0.05) is 12.5 Å². The molecule has 2 heterocycles. The molecule has 6 nitrogen and oxygen atoms in total. The van der Waals surface area contributed by atoms with Gasteiger partial charge in [0.15, 0.2) is 5.03 Å². The predicted octanol–water partition coefficient (Wildman–Crippen LogP) is 0.480. The van der Waals surface area contributed by atoms with Crippen LogP contribution in [-0.2, 0) is 16.6 Å². The third-order valence-corrected chi connectivity index (χ3v) is 4.35. The molecule has 19 heavy (non-hydrogen) atoms. The Morgan fingerprint density at radius 2 is 2.00 bits per heavy atom. The van der Waals surface area contributed by atoms with Crippen LogP contribution in [0.4, 0.5) is 0 Å². The SMILES string of the molecule is CNCc1ccc(S(=O)(=O)NN2CCCCC2)nc1. The Hall–Kier alpha value is -1.02. The highest BCUT2D eigenvalue weighted by Gasteiger charge is 2.20. The summed E-state index contributed by atoms with van der Waals surface area (Å²) in [6.45, 7) is 2.20. The average Bonchev–Trinajstić information content (AvgIpc) is 2.40. The maximum absolute atomic E-state index is 12.1. The van der Waals surface area contributed by atoms with Gasteiger partial charge in [-0.05, 0) is 31.5 Å². The second kappa shape index (κ2) is 6.42. The summed E-state index contributed by atoms with van der Waals surface area (Å²) in [4.78, 5) is 6.61. The lowest BCUT2D eigenvalue weighted by Crippen LogP contribution is -2.45. The average molecular weight is 284 g/mol. The maximum atomic E-state index is 12.1. The monoisotopic (exact) mass is 284 g/mol. The van der Waals surface area contributed by atoms with Crippen LogP contribution >= 0.6 is 0 Å². The predicted molar refractivity (Wildman–Crippen MR) is 72.7 cm³/mol. The molecule has 0 aliphatic carbocycles. The second-order valence-electron chi connectivity index (χ2n) is 4.68. The van der Waals surface area contributed by atoms with Gasteiger partial charge in [0.2, 0.25) is 0 Å². The molecular formula is C12H20N4O2S. The lowest BCUT2D eigenvalue weighted by atomic mass is 10.2. The first-order valence-corrected chi connectivity index (χ1v) is 7.97. The molecule has 0 spiro atoms. The van der Waals surface area contributed by atoms with E-state index >= 15 is 0 Å². The number of piperidine rings is 1. The third-order valence-electron chi connectivity index (χ3n) is 3.06. The molecule has 1 aliphatic heterocycles. The molecule has 0 bridgehead atoms. The number of sulfonamides is 1. The van der Waals surface area contributed by atoms with Gasteiger partial charge in [-0.3, -0.25) is 0 Å². The number of pyridine rings is 1. The summed E-state index contributed by atoms with van der Waals surface area (Å²) >= 11 is 0. The van der Waals surface area contributed by atoms with Crippen molar-refractivity contribution in [3.63, 3.8) is 0 Å². The molecule has 1 fully saturated rings. The molecule has 0 radical (unpaired) electrons. The van der Waals surface area contributed by atoms with Crippen molar-refractivity contribution in [3.05, 3.63) is 23.9 Å². The summed E-state index contributed by atoms with van der Waals surface area (Å²) < 4.78 is 24.3. The molecule has 0 saturated carbocycles. The van der Waals surface area contributed by atoms with Gasteiger partial charge in [0.1, 0.15) is 0 Å². The summed E-state index contributed by atoms with van der Waals surface area (Å²) in [6, 6.07) is 3.31. The van der Waals surface area contributed by atoms with E-state index in [9.17, 15) is 8.42 Å². The van der Waals surface area contributed by atoms with Crippen LogP contribution in [0.25, 0.3) is 0 Å². The Morgan fingerprint density at radius 3 is 2.58 bits per heavy atom. The number of hydrogen-bond acceptors (Lipinski definition) is 5. The minimum atomic E-state index is -3.55. The number of nitrogens with one attached hydrogen (secondary N) is 2. The standard InChI is InChI=1S/C12H20N4O2S/c1-13-9-11-5-6-12(14-10-11)19(17,18)15-16-7-3-2-4-8-16/h5-6,10,13,15H,2-4,7-9H2,1H3. The zero-order chi connectivity index (χ0) is 13.7. The molecule has 0 unspecified atom stereocenters. The van der Waals surface area contributed by atoms with Crippen LogP contribution in [0.1, 0.15) is 24.8 Å². The molecule has 2 rings (SSSR count).